The maximum Gasteiger partial charge on any atom is 0.336 e. The molecule has 0 atom stereocenters. The van der Waals surface area contributed by atoms with Crippen LogP contribution >= 0.6 is 0 Å². The number of carboxylic acid groups (broad SMARTS) is 1. The van der Waals surface area contributed by atoms with Crippen molar-refractivity contribution in [3.63, 3.8) is 0 Å². The van der Waals surface area contributed by atoms with Crippen LogP contribution in [-0.4, -0.2) is 11.1 Å². The molecule has 0 aromatic rings. The van der Waals surface area contributed by atoms with E-state index in [9.17, 15) is 4.79 Å². The minimum atomic E-state index is -1.05. The fourth-order valence-electron chi connectivity index (χ4n) is 0.149. The third kappa shape index (κ3) is 4.55. The molecule has 40 valence electrons. The van der Waals surface area contributed by atoms with Gasteiger partial charge in [-0.1, -0.05) is 11.5 Å². The molecular formula is C6H4O2. The molecule has 0 heterocycles. The van der Waals surface area contributed by atoms with E-state index in [1.165, 1.54) is 0 Å². The molecule has 0 aromatic carbocycles. The van der Waals surface area contributed by atoms with E-state index in [2.05, 4.69) is 23.8 Å². The summed E-state index contributed by atoms with van der Waals surface area (Å²) < 4.78 is 0. The number of aliphatic carboxylic acids is 1. The predicted molar refractivity (Wildman–Crippen MR) is 28.4 cm³/mol. The molecule has 1 N–H and O–H groups in total. The fraction of sp³-hybridized carbons (Fsp3) is 0. The summed E-state index contributed by atoms with van der Waals surface area (Å²) >= 11 is 0. The Morgan fingerprint density at radius 1 is 1.75 bits per heavy atom. The third-order valence-corrected chi connectivity index (χ3v) is 0.356. The van der Waals surface area contributed by atoms with E-state index in [1.54, 1.807) is 0 Å². The van der Waals surface area contributed by atoms with E-state index in [4.69, 9.17) is 5.11 Å². The Morgan fingerprint density at radius 3 is 2.75 bits per heavy atom. The topological polar surface area (TPSA) is 37.3 Å². The zero-order valence-corrected chi connectivity index (χ0v) is 4.14. The standard InChI is InChI=1S/C6H4O2/c1-2-3-4-5-6(7)8/h5H,1H2,(H,7,8). The van der Waals surface area contributed by atoms with Crippen molar-refractivity contribution in [3.05, 3.63) is 29.8 Å². The second-order valence-corrected chi connectivity index (χ2v) is 0.929. The molecule has 0 saturated heterocycles. The first-order valence-electron chi connectivity index (χ1n) is 1.86. The smallest absolute Gasteiger partial charge is 0.336 e. The van der Waals surface area contributed by atoms with Gasteiger partial charge in [-0.05, 0) is 12.3 Å². The van der Waals surface area contributed by atoms with E-state index in [0.29, 0.717) is 0 Å². The van der Waals surface area contributed by atoms with Crippen LogP contribution in [0.15, 0.2) is 29.8 Å². The van der Waals surface area contributed by atoms with Crippen molar-refractivity contribution in [3.8, 4) is 0 Å². The fourth-order valence-corrected chi connectivity index (χ4v) is 0.149. The summed E-state index contributed by atoms with van der Waals surface area (Å²) in [6.45, 7) is 3.15. The highest BCUT2D eigenvalue weighted by Crippen LogP contribution is 1.61. The van der Waals surface area contributed by atoms with Gasteiger partial charge in [0.25, 0.3) is 0 Å². The molecule has 0 aromatic heterocycles. The van der Waals surface area contributed by atoms with Gasteiger partial charge in [-0.3, -0.25) is 0 Å². The predicted octanol–water partition coefficient (Wildman–Crippen LogP) is 0.722. The summed E-state index contributed by atoms with van der Waals surface area (Å²) in [5.74, 6) is -1.05. The Balaban J connectivity index is 4.26. The molecule has 0 unspecified atom stereocenters. The summed E-state index contributed by atoms with van der Waals surface area (Å²) in [5, 5.41) is 7.93. The first kappa shape index (κ1) is 6.55. The van der Waals surface area contributed by atoms with Gasteiger partial charge in [0, 0.05) is 0 Å². The van der Waals surface area contributed by atoms with E-state index in [0.717, 1.165) is 6.08 Å². The average molecular weight is 108 g/mol. The molecule has 0 aliphatic rings. The van der Waals surface area contributed by atoms with Crippen LogP contribution in [0.4, 0.5) is 0 Å². The van der Waals surface area contributed by atoms with Gasteiger partial charge in [-0.2, -0.15) is 0 Å². The Kier molecular flexibility index (Phi) is 3.05. The largest absolute Gasteiger partial charge is 0.478 e. The van der Waals surface area contributed by atoms with E-state index in [-0.39, 0.29) is 0 Å². The molecule has 2 heteroatoms. The first-order valence-corrected chi connectivity index (χ1v) is 1.86. The van der Waals surface area contributed by atoms with Gasteiger partial charge in [-0.25, -0.2) is 4.79 Å². The quantitative estimate of drug-likeness (QED) is 0.397. The molecule has 0 amide bonds. The molecule has 2 nitrogen and oxygen atoms in total. The highest BCUT2D eigenvalue weighted by atomic mass is 16.4. The zero-order chi connectivity index (χ0) is 6.41. The van der Waals surface area contributed by atoms with Gasteiger partial charge in [0.1, 0.15) is 0 Å². The van der Waals surface area contributed by atoms with Gasteiger partial charge in [0.2, 0.25) is 0 Å². The Hall–Kier alpha value is -1.45. The van der Waals surface area contributed by atoms with E-state index >= 15 is 0 Å². The molecule has 0 saturated carbocycles. The van der Waals surface area contributed by atoms with Crippen molar-refractivity contribution in [2.45, 2.75) is 0 Å². The van der Waals surface area contributed by atoms with Crippen LogP contribution in [-0.2, 0) is 4.79 Å². The van der Waals surface area contributed by atoms with Crippen LogP contribution < -0.4 is 0 Å². The highest BCUT2D eigenvalue weighted by molar-refractivity contribution is 5.79. The second kappa shape index (κ2) is 3.73. The zero-order valence-electron chi connectivity index (χ0n) is 4.14. The summed E-state index contributed by atoms with van der Waals surface area (Å²) in [6, 6.07) is 0. The lowest BCUT2D eigenvalue weighted by Gasteiger charge is -1.65. The molecule has 8 heavy (non-hydrogen) atoms. The molecule has 0 aliphatic carbocycles. The van der Waals surface area contributed by atoms with Crippen LogP contribution in [0.3, 0.4) is 0 Å². The number of carbonyl (C=O) groups is 1. The van der Waals surface area contributed by atoms with Crippen LogP contribution in [0.5, 0.6) is 0 Å². The van der Waals surface area contributed by atoms with Crippen LogP contribution in [0.1, 0.15) is 0 Å². The van der Waals surface area contributed by atoms with Crippen LogP contribution in [0, 0.1) is 0 Å². The SMILES string of the molecule is C=C=C=C=CC(=O)O. The van der Waals surface area contributed by atoms with Crippen molar-refractivity contribution < 1.29 is 9.90 Å². The summed E-state index contributed by atoms with van der Waals surface area (Å²) in [7, 11) is 0. The Morgan fingerprint density at radius 2 is 2.38 bits per heavy atom. The number of hydrogen-bond acceptors (Lipinski definition) is 1. The monoisotopic (exact) mass is 108 g/mol. The third-order valence-electron chi connectivity index (χ3n) is 0.356. The average Bonchev–Trinajstić information content (AvgIpc) is 1.66. The van der Waals surface area contributed by atoms with Crippen molar-refractivity contribution >= 4 is 5.97 Å². The number of rotatable bonds is 1. The van der Waals surface area contributed by atoms with Crippen molar-refractivity contribution in [1.29, 1.82) is 0 Å². The van der Waals surface area contributed by atoms with E-state index in [1.807, 2.05) is 0 Å². The molecule has 0 spiro atoms. The van der Waals surface area contributed by atoms with Gasteiger partial charge < -0.3 is 5.11 Å². The molecule has 0 radical (unpaired) electrons. The lowest BCUT2D eigenvalue weighted by molar-refractivity contribution is -0.131. The van der Waals surface area contributed by atoms with Gasteiger partial charge in [-0.15, -0.1) is 0 Å². The molecule has 0 bridgehead atoms. The summed E-state index contributed by atoms with van der Waals surface area (Å²) in [6.07, 6.45) is 0.832. The Bertz CT molecular complexity index is 197. The van der Waals surface area contributed by atoms with Gasteiger partial charge in [0.15, 0.2) is 0 Å². The maximum absolute atomic E-state index is 9.67. The van der Waals surface area contributed by atoms with Crippen molar-refractivity contribution in [2.75, 3.05) is 0 Å². The van der Waals surface area contributed by atoms with Crippen LogP contribution in [0.2, 0.25) is 0 Å². The highest BCUT2D eigenvalue weighted by Gasteiger charge is 1.77. The van der Waals surface area contributed by atoms with Crippen LogP contribution in [0.25, 0.3) is 0 Å². The van der Waals surface area contributed by atoms with E-state index < -0.39 is 5.97 Å². The number of carboxylic acids is 1. The molecule has 0 aliphatic heterocycles. The molecule has 0 rings (SSSR count). The minimum Gasteiger partial charge on any atom is -0.478 e. The lowest BCUT2D eigenvalue weighted by Crippen LogP contribution is -1.82. The summed E-state index contributed by atoms with van der Waals surface area (Å²) in [5.41, 5.74) is 6.64. The normalized spacial score (nSPS) is 5.50. The summed E-state index contributed by atoms with van der Waals surface area (Å²) in [4.78, 5) is 9.67. The number of hydrogen-bond donors (Lipinski definition) is 1. The van der Waals surface area contributed by atoms with Gasteiger partial charge in [0.05, 0.1) is 6.08 Å². The van der Waals surface area contributed by atoms with Gasteiger partial charge >= 0.3 is 5.97 Å². The first-order chi connectivity index (χ1) is 3.77. The maximum atomic E-state index is 9.67. The molecular weight excluding hydrogens is 104 g/mol. The molecule has 0 fully saturated rings. The minimum absolute atomic E-state index is 0.832. The Labute approximate surface area is 46.8 Å². The van der Waals surface area contributed by atoms with Crippen molar-refractivity contribution in [2.24, 2.45) is 0 Å². The van der Waals surface area contributed by atoms with Crippen molar-refractivity contribution in [1.82, 2.24) is 0 Å². The lowest BCUT2D eigenvalue weighted by atomic mass is 10.6. The second-order valence-electron chi connectivity index (χ2n) is 0.929.